The van der Waals surface area contributed by atoms with Gasteiger partial charge in [-0.3, -0.25) is 19.4 Å². The van der Waals surface area contributed by atoms with Crippen molar-refractivity contribution in [2.75, 3.05) is 44.2 Å². The molecule has 0 atom stereocenters. The third-order valence-corrected chi connectivity index (χ3v) is 5.61. The summed E-state index contributed by atoms with van der Waals surface area (Å²) in [7, 11) is 0. The number of hydrogen-bond acceptors (Lipinski definition) is 4. The normalized spacial score (nSPS) is 17.6. The maximum Gasteiger partial charge on any atom is 0.416 e. The molecule has 2 aromatic carbocycles. The van der Waals surface area contributed by atoms with Crippen LogP contribution in [0.25, 0.3) is 0 Å². The summed E-state index contributed by atoms with van der Waals surface area (Å²) in [6.07, 6.45) is -0.619. The predicted molar refractivity (Wildman–Crippen MR) is 111 cm³/mol. The van der Waals surface area contributed by atoms with Crippen LogP contribution >= 0.6 is 0 Å². The highest BCUT2D eigenvalue weighted by molar-refractivity contribution is 6.21. The van der Waals surface area contributed by atoms with Crippen LogP contribution in [0.5, 0.6) is 0 Å². The van der Waals surface area contributed by atoms with Gasteiger partial charge in [-0.05, 0) is 30.3 Å². The molecule has 1 saturated heterocycles. The molecule has 1 fully saturated rings. The molecule has 31 heavy (non-hydrogen) atoms. The van der Waals surface area contributed by atoms with E-state index in [0.29, 0.717) is 49.5 Å². The highest BCUT2D eigenvalue weighted by Gasteiger charge is 2.34. The van der Waals surface area contributed by atoms with Crippen LogP contribution in [0.4, 0.5) is 18.9 Å². The van der Waals surface area contributed by atoms with Gasteiger partial charge in [0.25, 0.3) is 11.8 Å². The number of fused-ring (bicyclic) bond motifs is 1. The number of carbonyl (C=O) groups excluding carboxylic acids is 2. The summed E-state index contributed by atoms with van der Waals surface area (Å²) in [5.74, 6) is -0.556. The van der Waals surface area contributed by atoms with E-state index in [9.17, 15) is 22.8 Å². The number of hydrogen-bond donors (Lipinski definition) is 0. The molecule has 0 bridgehead atoms. The molecule has 4 rings (SSSR count). The Morgan fingerprint density at radius 3 is 2.03 bits per heavy atom. The number of halogens is 3. The molecule has 5 nitrogen and oxygen atoms in total. The number of carbonyl (C=O) groups is 2. The topological polar surface area (TPSA) is 43.9 Å². The molecule has 0 aliphatic carbocycles. The molecular weight excluding hydrogens is 407 g/mol. The first-order chi connectivity index (χ1) is 14.8. The highest BCUT2D eigenvalue weighted by Crippen LogP contribution is 2.31. The van der Waals surface area contributed by atoms with Gasteiger partial charge in [-0.2, -0.15) is 13.2 Å². The standard InChI is InChI=1S/C23H22F3N3O2/c24-23(25,26)17-6-5-7-18(16-17)28-14-12-27(13-15-28)10-3-4-11-29-21(30)19-8-1-2-9-20(19)22(29)31/h1-9,16H,10-15H2. The molecule has 0 N–H and O–H groups in total. The summed E-state index contributed by atoms with van der Waals surface area (Å²) in [5.41, 5.74) is 0.817. The summed E-state index contributed by atoms with van der Waals surface area (Å²) in [5, 5.41) is 0. The van der Waals surface area contributed by atoms with Gasteiger partial charge in [0, 0.05) is 45.0 Å². The Balaban J connectivity index is 1.26. The quantitative estimate of drug-likeness (QED) is 0.537. The number of alkyl halides is 3. The second-order valence-corrected chi connectivity index (χ2v) is 7.57. The second kappa shape index (κ2) is 8.55. The largest absolute Gasteiger partial charge is 0.416 e. The zero-order chi connectivity index (χ0) is 22.0. The van der Waals surface area contributed by atoms with Gasteiger partial charge in [0.15, 0.2) is 0 Å². The van der Waals surface area contributed by atoms with E-state index in [-0.39, 0.29) is 18.4 Å². The number of anilines is 1. The van der Waals surface area contributed by atoms with Crippen molar-refractivity contribution in [2.45, 2.75) is 6.18 Å². The van der Waals surface area contributed by atoms with Gasteiger partial charge in [0.2, 0.25) is 0 Å². The van der Waals surface area contributed by atoms with E-state index < -0.39 is 11.7 Å². The van der Waals surface area contributed by atoms with Crippen molar-refractivity contribution in [2.24, 2.45) is 0 Å². The van der Waals surface area contributed by atoms with E-state index in [1.807, 2.05) is 11.0 Å². The Morgan fingerprint density at radius 1 is 0.806 bits per heavy atom. The molecule has 0 aromatic heterocycles. The van der Waals surface area contributed by atoms with Crippen molar-refractivity contribution >= 4 is 17.5 Å². The van der Waals surface area contributed by atoms with Crippen molar-refractivity contribution in [3.8, 4) is 0 Å². The molecular formula is C23H22F3N3O2. The number of piperazine rings is 1. The van der Waals surface area contributed by atoms with Gasteiger partial charge in [0.1, 0.15) is 0 Å². The van der Waals surface area contributed by atoms with E-state index in [1.165, 1.54) is 17.0 Å². The Morgan fingerprint density at radius 2 is 1.42 bits per heavy atom. The van der Waals surface area contributed by atoms with Crippen molar-refractivity contribution in [1.29, 1.82) is 0 Å². The molecule has 0 unspecified atom stereocenters. The van der Waals surface area contributed by atoms with Crippen LogP contribution in [-0.4, -0.2) is 60.9 Å². The summed E-state index contributed by atoms with van der Waals surface area (Å²) in [6.45, 7) is 3.57. The van der Waals surface area contributed by atoms with Crippen LogP contribution in [0.2, 0.25) is 0 Å². The Labute approximate surface area is 178 Å². The maximum atomic E-state index is 12.9. The molecule has 0 saturated carbocycles. The minimum Gasteiger partial charge on any atom is -0.369 e. The average molecular weight is 429 g/mol. The third-order valence-electron chi connectivity index (χ3n) is 5.61. The summed E-state index contributed by atoms with van der Waals surface area (Å²) in [4.78, 5) is 30.1. The molecule has 2 heterocycles. The van der Waals surface area contributed by atoms with Gasteiger partial charge in [-0.15, -0.1) is 0 Å². The lowest BCUT2D eigenvalue weighted by atomic mass is 10.1. The van der Waals surface area contributed by atoms with Gasteiger partial charge < -0.3 is 4.90 Å². The molecule has 0 spiro atoms. The van der Waals surface area contributed by atoms with E-state index in [1.54, 1.807) is 36.4 Å². The minimum atomic E-state index is -4.35. The van der Waals surface area contributed by atoms with Crippen molar-refractivity contribution < 1.29 is 22.8 Å². The van der Waals surface area contributed by atoms with Gasteiger partial charge >= 0.3 is 6.18 Å². The molecule has 2 amide bonds. The van der Waals surface area contributed by atoms with Crippen molar-refractivity contribution in [3.63, 3.8) is 0 Å². The number of rotatable bonds is 5. The van der Waals surface area contributed by atoms with Gasteiger partial charge in [-0.1, -0.05) is 30.4 Å². The molecule has 162 valence electrons. The minimum absolute atomic E-state index is 0.219. The van der Waals surface area contributed by atoms with Crippen LogP contribution in [0.1, 0.15) is 26.3 Å². The molecule has 2 aliphatic rings. The lowest BCUT2D eigenvalue weighted by molar-refractivity contribution is -0.137. The molecule has 8 heteroatoms. The van der Waals surface area contributed by atoms with Gasteiger partial charge in [-0.25, -0.2) is 0 Å². The molecule has 2 aliphatic heterocycles. The van der Waals surface area contributed by atoms with Gasteiger partial charge in [0.05, 0.1) is 16.7 Å². The molecule has 2 aromatic rings. The van der Waals surface area contributed by atoms with Crippen molar-refractivity contribution in [1.82, 2.24) is 9.80 Å². The summed E-state index contributed by atoms with van der Waals surface area (Å²) in [6, 6.07) is 12.2. The Hall–Kier alpha value is -3.13. The van der Waals surface area contributed by atoms with Crippen LogP contribution in [0.3, 0.4) is 0 Å². The number of nitrogens with zero attached hydrogens (tertiary/aromatic N) is 3. The van der Waals surface area contributed by atoms with E-state index in [2.05, 4.69) is 4.90 Å². The van der Waals surface area contributed by atoms with Crippen LogP contribution in [-0.2, 0) is 6.18 Å². The third kappa shape index (κ3) is 4.49. The fraction of sp³-hybridized carbons (Fsp3) is 0.304. The van der Waals surface area contributed by atoms with E-state index in [4.69, 9.17) is 0 Å². The Bertz CT molecular complexity index is 976. The Kier molecular flexibility index (Phi) is 5.82. The highest BCUT2D eigenvalue weighted by atomic mass is 19.4. The zero-order valence-corrected chi connectivity index (χ0v) is 16.8. The van der Waals surface area contributed by atoms with Crippen LogP contribution < -0.4 is 4.90 Å². The molecule has 0 radical (unpaired) electrons. The predicted octanol–water partition coefficient (Wildman–Crippen LogP) is 3.68. The monoisotopic (exact) mass is 429 g/mol. The lowest BCUT2D eigenvalue weighted by Crippen LogP contribution is -2.46. The number of benzene rings is 2. The number of imide groups is 1. The van der Waals surface area contributed by atoms with Crippen LogP contribution in [0, 0.1) is 0 Å². The first-order valence-corrected chi connectivity index (χ1v) is 10.1. The first kappa shape index (κ1) is 21.1. The average Bonchev–Trinajstić information content (AvgIpc) is 3.01. The summed E-state index contributed by atoms with van der Waals surface area (Å²) >= 11 is 0. The lowest BCUT2D eigenvalue weighted by Gasteiger charge is -2.35. The summed E-state index contributed by atoms with van der Waals surface area (Å²) < 4.78 is 38.8. The van der Waals surface area contributed by atoms with Crippen LogP contribution in [0.15, 0.2) is 60.7 Å². The zero-order valence-electron chi connectivity index (χ0n) is 16.8. The SMILES string of the molecule is O=C1c2ccccc2C(=O)N1CC=CCN1CCN(c2cccc(C(F)(F)F)c2)CC1. The fourth-order valence-electron chi connectivity index (χ4n) is 3.88. The maximum absolute atomic E-state index is 12.9. The fourth-order valence-corrected chi connectivity index (χ4v) is 3.88. The van der Waals surface area contributed by atoms with E-state index in [0.717, 1.165) is 6.07 Å². The van der Waals surface area contributed by atoms with Crippen molar-refractivity contribution in [3.05, 3.63) is 77.4 Å². The smallest absolute Gasteiger partial charge is 0.369 e. The van der Waals surface area contributed by atoms with E-state index >= 15 is 0 Å². The number of amides is 2. The second-order valence-electron chi connectivity index (χ2n) is 7.57. The first-order valence-electron chi connectivity index (χ1n) is 10.1.